The predicted molar refractivity (Wildman–Crippen MR) is 79.9 cm³/mol. The van der Waals surface area contributed by atoms with Crippen molar-refractivity contribution in [1.82, 2.24) is 19.4 Å². The van der Waals surface area contributed by atoms with E-state index in [1.54, 1.807) is 29.4 Å². The summed E-state index contributed by atoms with van der Waals surface area (Å²) < 4.78 is 2.18. The molecule has 0 unspecified atom stereocenters. The molecule has 1 aliphatic rings. The minimum Gasteiger partial charge on any atom is -0.335 e. The lowest BCUT2D eigenvalue weighted by Gasteiger charge is -2.28. The van der Waals surface area contributed by atoms with E-state index in [1.807, 2.05) is 19.4 Å². The molecule has 0 bridgehead atoms. The van der Waals surface area contributed by atoms with E-state index in [0.29, 0.717) is 5.92 Å². The second-order valence-corrected chi connectivity index (χ2v) is 5.45. The van der Waals surface area contributed by atoms with Crippen LogP contribution in [0, 0.1) is 5.92 Å². The van der Waals surface area contributed by atoms with Crippen molar-refractivity contribution in [2.45, 2.75) is 19.4 Å². The van der Waals surface area contributed by atoms with E-state index in [9.17, 15) is 4.79 Å². The number of anilines is 1. The molecule has 0 saturated carbocycles. The van der Waals surface area contributed by atoms with Gasteiger partial charge in [0.1, 0.15) is 5.82 Å². The molecule has 6 heteroatoms. The standard InChI is InChI=1S/C15H19N5O/c1-19(15(21)18-13-4-6-16-7-5-13)10-12-2-3-14-17-8-9-20(14)11-12/h4-9,12H,2-3,10-11H2,1H3,(H,16,18,21)/t12-/m1/s1. The molecule has 1 atom stereocenters. The molecule has 3 heterocycles. The number of hydrogen-bond acceptors (Lipinski definition) is 3. The zero-order chi connectivity index (χ0) is 14.7. The zero-order valence-electron chi connectivity index (χ0n) is 12.1. The quantitative estimate of drug-likeness (QED) is 0.938. The van der Waals surface area contributed by atoms with Crippen molar-refractivity contribution in [2.24, 2.45) is 5.92 Å². The first-order valence-electron chi connectivity index (χ1n) is 7.14. The van der Waals surface area contributed by atoms with Crippen LogP contribution < -0.4 is 5.32 Å². The number of aryl methyl sites for hydroxylation is 1. The number of imidazole rings is 1. The summed E-state index contributed by atoms with van der Waals surface area (Å²) in [6, 6.07) is 3.48. The third kappa shape index (κ3) is 3.21. The van der Waals surface area contributed by atoms with Gasteiger partial charge in [0.25, 0.3) is 0 Å². The Balaban J connectivity index is 1.54. The molecule has 1 N–H and O–H groups in total. The molecule has 0 saturated heterocycles. The van der Waals surface area contributed by atoms with Crippen LogP contribution in [0.3, 0.4) is 0 Å². The Morgan fingerprint density at radius 1 is 1.43 bits per heavy atom. The highest BCUT2D eigenvalue weighted by Gasteiger charge is 2.21. The maximum Gasteiger partial charge on any atom is 0.321 e. The van der Waals surface area contributed by atoms with Crippen LogP contribution in [0.1, 0.15) is 12.2 Å². The molecule has 0 fully saturated rings. The lowest BCUT2D eigenvalue weighted by atomic mass is 9.99. The normalized spacial score (nSPS) is 17.1. The maximum absolute atomic E-state index is 12.2. The number of carbonyl (C=O) groups is 1. The van der Waals surface area contributed by atoms with Crippen molar-refractivity contribution in [1.29, 1.82) is 0 Å². The smallest absolute Gasteiger partial charge is 0.321 e. The second-order valence-electron chi connectivity index (χ2n) is 5.45. The molecule has 0 aliphatic carbocycles. The molecule has 3 rings (SSSR count). The highest BCUT2D eigenvalue weighted by Crippen LogP contribution is 2.19. The Morgan fingerprint density at radius 3 is 3.05 bits per heavy atom. The number of carbonyl (C=O) groups excluding carboxylic acids is 1. The van der Waals surface area contributed by atoms with Gasteiger partial charge in [0, 0.05) is 57.0 Å². The van der Waals surface area contributed by atoms with Crippen molar-refractivity contribution in [3.63, 3.8) is 0 Å². The van der Waals surface area contributed by atoms with Gasteiger partial charge in [-0.25, -0.2) is 9.78 Å². The van der Waals surface area contributed by atoms with E-state index >= 15 is 0 Å². The Labute approximate surface area is 123 Å². The summed E-state index contributed by atoms with van der Waals surface area (Å²) in [5.74, 6) is 1.62. The molecule has 0 radical (unpaired) electrons. The van der Waals surface area contributed by atoms with E-state index in [4.69, 9.17) is 0 Å². The first-order valence-corrected chi connectivity index (χ1v) is 7.14. The molecule has 1 aliphatic heterocycles. The molecule has 2 aromatic rings. The summed E-state index contributed by atoms with van der Waals surface area (Å²) in [7, 11) is 1.83. The molecular formula is C15H19N5O. The van der Waals surface area contributed by atoms with Crippen LogP contribution in [0.25, 0.3) is 0 Å². The van der Waals surface area contributed by atoms with Crippen molar-refractivity contribution >= 4 is 11.7 Å². The Bertz CT molecular complexity index is 610. The lowest BCUT2D eigenvalue weighted by molar-refractivity contribution is 0.205. The average Bonchev–Trinajstić information content (AvgIpc) is 2.95. The van der Waals surface area contributed by atoms with Gasteiger partial charge in [-0.1, -0.05) is 0 Å². The number of aromatic nitrogens is 3. The van der Waals surface area contributed by atoms with E-state index in [2.05, 4.69) is 19.9 Å². The molecule has 2 aromatic heterocycles. The van der Waals surface area contributed by atoms with Crippen molar-refractivity contribution in [3.8, 4) is 0 Å². The largest absolute Gasteiger partial charge is 0.335 e. The van der Waals surface area contributed by atoms with Crippen LogP contribution in [0.2, 0.25) is 0 Å². The van der Waals surface area contributed by atoms with Gasteiger partial charge in [-0.05, 0) is 24.5 Å². The maximum atomic E-state index is 12.2. The molecule has 21 heavy (non-hydrogen) atoms. The summed E-state index contributed by atoms with van der Waals surface area (Å²) in [5, 5.41) is 2.87. The highest BCUT2D eigenvalue weighted by atomic mass is 16.2. The molecule has 110 valence electrons. The van der Waals surface area contributed by atoms with Gasteiger partial charge in [0.2, 0.25) is 0 Å². The Kier molecular flexibility index (Phi) is 3.85. The van der Waals surface area contributed by atoms with Gasteiger partial charge in [-0.2, -0.15) is 0 Å². The predicted octanol–water partition coefficient (Wildman–Crippen LogP) is 2.00. The first kappa shape index (κ1) is 13.6. The first-order chi connectivity index (χ1) is 10.2. The molecule has 2 amide bonds. The number of nitrogens with zero attached hydrogens (tertiary/aromatic N) is 4. The SMILES string of the molecule is CN(C[C@H]1CCc2nccn2C1)C(=O)Nc1ccncc1. The van der Waals surface area contributed by atoms with Crippen LogP contribution in [0.4, 0.5) is 10.5 Å². The van der Waals surface area contributed by atoms with Gasteiger partial charge < -0.3 is 14.8 Å². The van der Waals surface area contributed by atoms with Crippen LogP contribution in [0.15, 0.2) is 36.9 Å². The molecule has 0 spiro atoms. The zero-order valence-corrected chi connectivity index (χ0v) is 12.1. The minimum absolute atomic E-state index is 0.0855. The Hall–Kier alpha value is -2.37. The number of urea groups is 1. The third-order valence-corrected chi connectivity index (χ3v) is 3.84. The minimum atomic E-state index is -0.0855. The Morgan fingerprint density at radius 2 is 2.24 bits per heavy atom. The summed E-state index contributed by atoms with van der Waals surface area (Å²) in [4.78, 5) is 22.2. The van der Waals surface area contributed by atoms with Gasteiger partial charge in [-0.3, -0.25) is 4.98 Å². The molecule has 6 nitrogen and oxygen atoms in total. The van der Waals surface area contributed by atoms with E-state index in [0.717, 1.165) is 37.4 Å². The topological polar surface area (TPSA) is 63.1 Å². The summed E-state index contributed by atoms with van der Waals surface area (Å²) in [6.45, 7) is 1.68. The number of rotatable bonds is 3. The monoisotopic (exact) mass is 285 g/mol. The van der Waals surface area contributed by atoms with Crippen molar-refractivity contribution in [2.75, 3.05) is 18.9 Å². The van der Waals surface area contributed by atoms with Crippen LogP contribution in [0.5, 0.6) is 0 Å². The van der Waals surface area contributed by atoms with Crippen molar-refractivity contribution in [3.05, 3.63) is 42.7 Å². The molecule has 0 aromatic carbocycles. The fraction of sp³-hybridized carbons (Fsp3) is 0.400. The molecular weight excluding hydrogens is 266 g/mol. The summed E-state index contributed by atoms with van der Waals surface area (Å²) in [6.07, 6.45) is 9.24. The van der Waals surface area contributed by atoms with Gasteiger partial charge in [-0.15, -0.1) is 0 Å². The summed E-state index contributed by atoms with van der Waals surface area (Å²) in [5.41, 5.74) is 0.766. The number of fused-ring (bicyclic) bond motifs is 1. The van der Waals surface area contributed by atoms with Gasteiger partial charge >= 0.3 is 6.03 Å². The number of pyridine rings is 1. The third-order valence-electron chi connectivity index (χ3n) is 3.84. The number of amides is 2. The van der Waals surface area contributed by atoms with Crippen LogP contribution >= 0.6 is 0 Å². The average molecular weight is 285 g/mol. The fourth-order valence-corrected chi connectivity index (χ4v) is 2.71. The van der Waals surface area contributed by atoms with Gasteiger partial charge in [0.05, 0.1) is 0 Å². The second kappa shape index (κ2) is 5.95. The van der Waals surface area contributed by atoms with Crippen LogP contribution in [-0.2, 0) is 13.0 Å². The highest BCUT2D eigenvalue weighted by molar-refractivity contribution is 5.88. The summed E-state index contributed by atoms with van der Waals surface area (Å²) >= 11 is 0. The van der Waals surface area contributed by atoms with E-state index in [1.165, 1.54) is 0 Å². The van der Waals surface area contributed by atoms with Gasteiger partial charge in [0.15, 0.2) is 0 Å². The fourth-order valence-electron chi connectivity index (χ4n) is 2.71. The lowest BCUT2D eigenvalue weighted by Crippen LogP contribution is -2.37. The van der Waals surface area contributed by atoms with Crippen LogP contribution in [-0.4, -0.2) is 39.1 Å². The van der Waals surface area contributed by atoms with E-state index in [-0.39, 0.29) is 6.03 Å². The van der Waals surface area contributed by atoms with E-state index < -0.39 is 0 Å². The van der Waals surface area contributed by atoms with Crippen molar-refractivity contribution < 1.29 is 4.79 Å². The number of nitrogens with one attached hydrogen (secondary N) is 1. The number of hydrogen-bond donors (Lipinski definition) is 1.